The highest BCUT2D eigenvalue weighted by Gasteiger charge is 2.18. The second-order valence-electron chi connectivity index (χ2n) is 6.96. The normalized spacial score (nSPS) is 13.1. The average Bonchev–Trinajstić information content (AvgIpc) is 3.17. The van der Waals surface area contributed by atoms with Crippen molar-refractivity contribution in [1.29, 1.82) is 0 Å². The van der Waals surface area contributed by atoms with Crippen molar-refractivity contribution in [3.05, 3.63) is 51.9 Å². The largest absolute Gasteiger partial charge is 0.492 e. The van der Waals surface area contributed by atoms with Gasteiger partial charge in [0.15, 0.2) is 5.82 Å². The fourth-order valence-electron chi connectivity index (χ4n) is 3.12. The van der Waals surface area contributed by atoms with Crippen LogP contribution in [0.3, 0.4) is 0 Å². The summed E-state index contributed by atoms with van der Waals surface area (Å²) in [7, 11) is 0. The van der Waals surface area contributed by atoms with Crippen LogP contribution in [0.15, 0.2) is 42.7 Å². The van der Waals surface area contributed by atoms with Gasteiger partial charge in [-0.2, -0.15) is 0 Å². The molecule has 2 atom stereocenters. The molecule has 1 aromatic carbocycles. The number of pyridine rings is 1. The Labute approximate surface area is 182 Å². The van der Waals surface area contributed by atoms with Crippen LogP contribution in [-0.2, 0) is 0 Å². The van der Waals surface area contributed by atoms with E-state index in [9.17, 15) is 9.90 Å². The van der Waals surface area contributed by atoms with Crippen LogP contribution in [0.1, 0.15) is 36.7 Å². The summed E-state index contributed by atoms with van der Waals surface area (Å²) >= 11 is 2.08. The number of carboxylic acids is 1. The van der Waals surface area contributed by atoms with E-state index >= 15 is 0 Å². The monoisotopic (exact) mass is 507 g/mol. The number of nitrogen functional groups attached to an aromatic ring is 1. The third-order valence-corrected chi connectivity index (χ3v) is 5.16. The molecule has 2 aromatic heterocycles. The zero-order chi connectivity index (χ0) is 21.0. The molecule has 0 radical (unpaired) electrons. The van der Waals surface area contributed by atoms with Crippen molar-refractivity contribution in [3.8, 4) is 17.3 Å². The first kappa shape index (κ1) is 21.0. The molecule has 0 fully saturated rings. The van der Waals surface area contributed by atoms with Gasteiger partial charge in [0.25, 0.3) is 0 Å². The van der Waals surface area contributed by atoms with Crippen LogP contribution in [0.2, 0.25) is 0 Å². The van der Waals surface area contributed by atoms with Gasteiger partial charge >= 0.3 is 5.97 Å². The van der Waals surface area contributed by atoms with Crippen LogP contribution in [0, 0.1) is 9.49 Å². The Hall–Kier alpha value is -2.69. The van der Waals surface area contributed by atoms with Crippen LogP contribution >= 0.6 is 22.6 Å². The van der Waals surface area contributed by atoms with Crippen LogP contribution < -0.4 is 10.5 Å². The minimum atomic E-state index is -0.997. The number of halogens is 1. The molecule has 9 heteroatoms. The highest BCUT2D eigenvalue weighted by Crippen LogP contribution is 2.26. The average molecular weight is 507 g/mol. The maximum atomic E-state index is 11.4. The minimum absolute atomic E-state index is 0.0949. The molecule has 3 N–H and O–H groups in total. The second kappa shape index (κ2) is 9.21. The van der Waals surface area contributed by atoms with E-state index in [0.29, 0.717) is 29.7 Å². The number of carbonyl (C=O) groups is 1. The molecule has 0 saturated heterocycles. The second-order valence-corrected chi connectivity index (χ2v) is 8.20. The molecule has 29 heavy (non-hydrogen) atoms. The zero-order valence-corrected chi connectivity index (χ0v) is 18.3. The summed E-state index contributed by atoms with van der Waals surface area (Å²) in [6.07, 6.45) is 2.47. The van der Waals surface area contributed by atoms with Crippen molar-refractivity contribution in [2.45, 2.75) is 26.3 Å². The Morgan fingerprint density at radius 3 is 2.83 bits per heavy atom. The van der Waals surface area contributed by atoms with E-state index in [-0.39, 0.29) is 17.5 Å². The summed E-state index contributed by atoms with van der Waals surface area (Å²) in [5.74, 6) is 0.645. The smallest absolute Gasteiger partial charge is 0.339 e. The first-order valence-corrected chi connectivity index (χ1v) is 10.2. The molecule has 0 saturated carbocycles. The number of aromatic carboxylic acids is 1. The van der Waals surface area contributed by atoms with Gasteiger partial charge in [-0.15, -0.1) is 10.2 Å². The number of hydrogen-bond donors (Lipinski definition) is 2. The lowest BCUT2D eigenvalue weighted by molar-refractivity contribution is 0.0691. The van der Waals surface area contributed by atoms with E-state index in [1.54, 1.807) is 24.5 Å². The van der Waals surface area contributed by atoms with Crippen molar-refractivity contribution >= 4 is 34.4 Å². The summed E-state index contributed by atoms with van der Waals surface area (Å²) in [5, 5.41) is 17.6. The number of nitrogens with zero attached hydrogens (tertiary/aromatic N) is 4. The van der Waals surface area contributed by atoms with Crippen molar-refractivity contribution in [3.63, 3.8) is 0 Å². The number of carboxylic acid groups (broad SMARTS) is 1. The van der Waals surface area contributed by atoms with E-state index in [1.807, 2.05) is 22.8 Å². The maximum absolute atomic E-state index is 11.4. The number of anilines is 1. The first-order valence-electron chi connectivity index (χ1n) is 9.13. The van der Waals surface area contributed by atoms with Crippen molar-refractivity contribution in [2.24, 2.45) is 5.92 Å². The molecule has 0 amide bonds. The fraction of sp³-hybridized carbons (Fsp3) is 0.300. The van der Waals surface area contributed by atoms with Gasteiger partial charge in [-0.25, -0.2) is 9.78 Å². The molecule has 8 nitrogen and oxygen atoms in total. The number of aromatic nitrogens is 4. The summed E-state index contributed by atoms with van der Waals surface area (Å²) in [6, 6.07) is 10.6. The molecule has 0 bridgehead atoms. The first-order chi connectivity index (χ1) is 13.8. The van der Waals surface area contributed by atoms with E-state index < -0.39 is 5.97 Å². The molecule has 152 valence electrons. The summed E-state index contributed by atoms with van der Waals surface area (Å²) in [6.45, 7) is 4.54. The quantitative estimate of drug-likeness (QED) is 0.445. The Morgan fingerprint density at radius 1 is 1.31 bits per heavy atom. The van der Waals surface area contributed by atoms with Crippen molar-refractivity contribution in [2.75, 3.05) is 12.3 Å². The van der Waals surface area contributed by atoms with E-state index in [1.165, 1.54) is 0 Å². The molecule has 2 heterocycles. The lowest BCUT2D eigenvalue weighted by Gasteiger charge is -2.20. The molecule has 0 aliphatic heterocycles. The van der Waals surface area contributed by atoms with Gasteiger partial charge < -0.3 is 20.1 Å². The van der Waals surface area contributed by atoms with Crippen LogP contribution in [0.4, 0.5) is 5.82 Å². The highest BCUT2D eigenvalue weighted by molar-refractivity contribution is 14.1. The number of nitrogens with two attached hydrogens (primary N) is 1. The topological polar surface area (TPSA) is 116 Å². The molecule has 3 rings (SSSR count). The molecular weight excluding hydrogens is 485 g/mol. The van der Waals surface area contributed by atoms with Crippen LogP contribution in [0.25, 0.3) is 11.5 Å². The molecule has 0 unspecified atom stereocenters. The van der Waals surface area contributed by atoms with Crippen molar-refractivity contribution in [1.82, 2.24) is 19.7 Å². The fourth-order valence-corrected chi connectivity index (χ4v) is 3.61. The SMILES string of the molecule is C[C@@H](COc1ccc(I)cc1C(=O)O)C[C@H](C)n1cnnc1-c1cccc(N)n1. The lowest BCUT2D eigenvalue weighted by Crippen LogP contribution is -2.16. The van der Waals surface area contributed by atoms with Gasteiger partial charge in [0.1, 0.15) is 29.2 Å². The molecule has 0 aliphatic carbocycles. The van der Waals surface area contributed by atoms with Crippen LogP contribution in [0.5, 0.6) is 5.75 Å². The molecular formula is C20H22IN5O3. The van der Waals surface area contributed by atoms with Gasteiger partial charge in [0, 0.05) is 9.61 Å². The van der Waals surface area contributed by atoms with E-state index in [2.05, 4.69) is 51.6 Å². The van der Waals surface area contributed by atoms with E-state index in [4.69, 9.17) is 10.5 Å². The highest BCUT2D eigenvalue weighted by atomic mass is 127. The van der Waals surface area contributed by atoms with Gasteiger partial charge in [0.05, 0.1) is 6.61 Å². The summed E-state index contributed by atoms with van der Waals surface area (Å²) in [4.78, 5) is 15.8. The summed E-state index contributed by atoms with van der Waals surface area (Å²) in [5.41, 5.74) is 6.62. The van der Waals surface area contributed by atoms with E-state index in [0.717, 1.165) is 9.99 Å². The molecule has 0 aliphatic rings. The van der Waals surface area contributed by atoms with Gasteiger partial charge in [-0.05, 0) is 72.2 Å². The Morgan fingerprint density at radius 2 is 2.10 bits per heavy atom. The lowest BCUT2D eigenvalue weighted by atomic mass is 10.0. The minimum Gasteiger partial charge on any atom is -0.492 e. The Balaban J connectivity index is 1.66. The number of benzene rings is 1. The third kappa shape index (κ3) is 5.22. The zero-order valence-electron chi connectivity index (χ0n) is 16.1. The molecule has 3 aromatic rings. The predicted molar refractivity (Wildman–Crippen MR) is 118 cm³/mol. The van der Waals surface area contributed by atoms with Gasteiger partial charge in [-0.1, -0.05) is 13.0 Å². The van der Waals surface area contributed by atoms with Gasteiger partial charge in [-0.3, -0.25) is 0 Å². The number of ether oxygens (including phenoxy) is 1. The maximum Gasteiger partial charge on any atom is 0.339 e. The predicted octanol–water partition coefficient (Wildman–Crippen LogP) is 3.89. The Bertz CT molecular complexity index is 1010. The standard InChI is InChI=1S/C20H22IN5O3/c1-12(10-29-17-7-6-14(21)9-15(17)20(27)28)8-13(2)26-11-23-25-19(26)16-4-3-5-18(22)24-16/h3-7,9,11-13H,8,10H2,1-2H3,(H2,22,24)(H,27,28)/t12-,13+/m1/s1. The Kier molecular flexibility index (Phi) is 6.68. The van der Waals surface area contributed by atoms with Crippen LogP contribution in [-0.4, -0.2) is 37.4 Å². The summed E-state index contributed by atoms with van der Waals surface area (Å²) < 4.78 is 8.63. The van der Waals surface area contributed by atoms with Gasteiger partial charge in [0.2, 0.25) is 0 Å². The number of hydrogen-bond acceptors (Lipinski definition) is 6. The van der Waals surface area contributed by atoms with Crippen molar-refractivity contribution < 1.29 is 14.6 Å². The third-order valence-electron chi connectivity index (χ3n) is 4.49. The molecule has 0 spiro atoms. The number of rotatable bonds is 8.